The van der Waals surface area contributed by atoms with Crippen LogP contribution in [0.25, 0.3) is 0 Å². The molecule has 3 heteroatoms. The number of nitrogens with one attached hydrogen (secondary N) is 1. The van der Waals surface area contributed by atoms with Gasteiger partial charge >= 0.3 is 6.09 Å². The Morgan fingerprint density at radius 3 is 2.43 bits per heavy atom. The second kappa shape index (κ2) is 6.68. The molecule has 0 aliphatic heterocycles. The number of ether oxygens (including phenoxy) is 1. The molecule has 0 bridgehead atoms. The zero-order chi connectivity index (χ0) is 10.2. The Hall–Kier alpha value is -0.730. The first-order chi connectivity index (χ1) is 6.79. The van der Waals surface area contributed by atoms with Gasteiger partial charge in [0.15, 0.2) is 0 Å². The summed E-state index contributed by atoms with van der Waals surface area (Å²) in [5.41, 5.74) is 6.57. The van der Waals surface area contributed by atoms with Gasteiger partial charge in [-0.1, -0.05) is 38.5 Å². The topological polar surface area (TPSA) is 50.1 Å². The van der Waals surface area contributed by atoms with Crippen LogP contribution in [-0.4, -0.2) is 12.7 Å². The van der Waals surface area contributed by atoms with Crippen molar-refractivity contribution in [2.24, 2.45) is 5.92 Å². The molecule has 1 radical (unpaired) electrons. The summed E-state index contributed by atoms with van der Waals surface area (Å²) >= 11 is 0. The van der Waals surface area contributed by atoms with Crippen LogP contribution < -0.4 is 5.73 Å². The van der Waals surface area contributed by atoms with Gasteiger partial charge in [0.25, 0.3) is 0 Å². The highest BCUT2D eigenvalue weighted by Crippen LogP contribution is 2.26. The molecular weight excluding hydrogens is 178 g/mol. The maximum absolute atomic E-state index is 10.2. The average Bonchev–Trinajstić information content (AvgIpc) is 2.40. The molecule has 81 valence electrons. The van der Waals surface area contributed by atoms with E-state index in [1.165, 1.54) is 38.5 Å². The number of rotatable bonds is 4. The van der Waals surface area contributed by atoms with Gasteiger partial charge in [-0.3, -0.25) is 0 Å². The molecule has 1 aliphatic rings. The number of hydrogen-bond donors (Lipinski definition) is 0. The summed E-state index contributed by atoms with van der Waals surface area (Å²) in [7, 11) is 0. The van der Waals surface area contributed by atoms with Crippen LogP contribution in [0, 0.1) is 5.92 Å². The van der Waals surface area contributed by atoms with Crippen molar-refractivity contribution in [3.63, 3.8) is 0 Å². The van der Waals surface area contributed by atoms with E-state index in [2.05, 4.69) is 4.74 Å². The molecule has 0 heterocycles. The van der Waals surface area contributed by atoms with Crippen LogP contribution in [0.2, 0.25) is 0 Å². The van der Waals surface area contributed by atoms with Crippen LogP contribution in [0.3, 0.4) is 0 Å². The molecule has 14 heavy (non-hydrogen) atoms. The fourth-order valence-corrected chi connectivity index (χ4v) is 2.19. The molecule has 1 saturated carbocycles. The second-order valence-electron chi connectivity index (χ2n) is 4.14. The van der Waals surface area contributed by atoms with Gasteiger partial charge in [0.1, 0.15) is 0 Å². The minimum absolute atomic E-state index is 0.429. The molecule has 0 spiro atoms. The van der Waals surface area contributed by atoms with Gasteiger partial charge in [-0.15, -0.1) is 0 Å². The molecule has 0 aromatic carbocycles. The van der Waals surface area contributed by atoms with Crippen molar-refractivity contribution >= 4 is 6.09 Å². The van der Waals surface area contributed by atoms with E-state index in [1.807, 2.05) is 0 Å². The summed E-state index contributed by atoms with van der Waals surface area (Å²) < 4.78 is 4.59. The fraction of sp³-hybridized carbons (Fsp3) is 0.909. The maximum Gasteiger partial charge on any atom is 0.426 e. The Labute approximate surface area is 86.0 Å². The smallest absolute Gasteiger partial charge is 0.426 e. The Balaban J connectivity index is 2.01. The molecular formula is C11H20NO2. The number of amides is 1. The Kier molecular flexibility index (Phi) is 5.42. The monoisotopic (exact) mass is 198 g/mol. The highest BCUT2D eigenvalue weighted by molar-refractivity contribution is 5.63. The third-order valence-electron chi connectivity index (χ3n) is 2.96. The van der Waals surface area contributed by atoms with Gasteiger partial charge in [-0.25, -0.2) is 10.5 Å². The summed E-state index contributed by atoms with van der Waals surface area (Å²) in [5, 5.41) is 0. The number of carbonyl (C=O) groups excluding carboxylic acids is 1. The van der Waals surface area contributed by atoms with Crippen molar-refractivity contribution in [1.82, 2.24) is 5.73 Å². The summed E-state index contributed by atoms with van der Waals surface area (Å²) in [6.07, 6.45) is 9.37. The van der Waals surface area contributed by atoms with E-state index in [0.29, 0.717) is 6.61 Å². The molecule has 0 unspecified atom stereocenters. The van der Waals surface area contributed by atoms with Crippen molar-refractivity contribution in [2.45, 2.75) is 51.4 Å². The SMILES string of the molecule is [NH]C(=O)OCCCC1CCCCCC1. The van der Waals surface area contributed by atoms with Crippen LogP contribution in [0.15, 0.2) is 0 Å². The van der Waals surface area contributed by atoms with Crippen molar-refractivity contribution in [1.29, 1.82) is 0 Å². The first-order valence-electron chi connectivity index (χ1n) is 5.67. The molecule has 1 aliphatic carbocycles. The molecule has 0 aromatic rings. The lowest BCUT2D eigenvalue weighted by Gasteiger charge is -2.12. The third kappa shape index (κ3) is 5.10. The lowest BCUT2D eigenvalue weighted by molar-refractivity contribution is 0.150. The zero-order valence-electron chi connectivity index (χ0n) is 8.76. The number of carbonyl (C=O) groups is 1. The fourth-order valence-electron chi connectivity index (χ4n) is 2.19. The van der Waals surface area contributed by atoms with Crippen LogP contribution in [0.4, 0.5) is 4.79 Å². The van der Waals surface area contributed by atoms with E-state index in [0.717, 1.165) is 18.8 Å². The van der Waals surface area contributed by atoms with Crippen molar-refractivity contribution in [3.05, 3.63) is 0 Å². The van der Waals surface area contributed by atoms with Gasteiger partial charge in [0.05, 0.1) is 6.61 Å². The molecule has 3 nitrogen and oxygen atoms in total. The Morgan fingerprint density at radius 2 is 1.86 bits per heavy atom. The molecule has 0 aromatic heterocycles. The molecule has 1 amide bonds. The van der Waals surface area contributed by atoms with E-state index < -0.39 is 6.09 Å². The molecule has 0 saturated heterocycles. The third-order valence-corrected chi connectivity index (χ3v) is 2.96. The normalized spacial score (nSPS) is 18.9. The number of hydrogen-bond acceptors (Lipinski definition) is 2. The summed E-state index contributed by atoms with van der Waals surface area (Å²) in [6, 6.07) is 0. The predicted octanol–water partition coefficient (Wildman–Crippen LogP) is 3.16. The van der Waals surface area contributed by atoms with Crippen LogP contribution in [0.5, 0.6) is 0 Å². The van der Waals surface area contributed by atoms with Gasteiger partial charge in [-0.2, -0.15) is 0 Å². The van der Waals surface area contributed by atoms with Gasteiger partial charge in [0, 0.05) is 0 Å². The van der Waals surface area contributed by atoms with E-state index in [1.54, 1.807) is 0 Å². The Morgan fingerprint density at radius 1 is 1.21 bits per heavy atom. The largest absolute Gasteiger partial charge is 0.448 e. The average molecular weight is 198 g/mol. The van der Waals surface area contributed by atoms with Crippen LogP contribution in [-0.2, 0) is 4.74 Å². The van der Waals surface area contributed by atoms with E-state index >= 15 is 0 Å². The quantitative estimate of drug-likeness (QED) is 0.514. The van der Waals surface area contributed by atoms with Gasteiger partial charge < -0.3 is 4.74 Å². The predicted molar refractivity (Wildman–Crippen MR) is 54.9 cm³/mol. The summed E-state index contributed by atoms with van der Waals surface area (Å²) in [6.45, 7) is 0.429. The van der Waals surface area contributed by atoms with Crippen molar-refractivity contribution < 1.29 is 9.53 Å². The summed E-state index contributed by atoms with van der Waals surface area (Å²) in [5.74, 6) is 0.835. The lowest BCUT2D eigenvalue weighted by atomic mass is 9.95. The minimum atomic E-state index is -0.897. The van der Waals surface area contributed by atoms with Crippen molar-refractivity contribution in [3.8, 4) is 0 Å². The molecule has 1 fully saturated rings. The minimum Gasteiger partial charge on any atom is -0.448 e. The van der Waals surface area contributed by atoms with Gasteiger partial charge in [-0.05, 0) is 18.8 Å². The maximum atomic E-state index is 10.2. The highest BCUT2D eigenvalue weighted by Gasteiger charge is 2.11. The van der Waals surface area contributed by atoms with Gasteiger partial charge in [0.2, 0.25) is 0 Å². The highest BCUT2D eigenvalue weighted by atomic mass is 16.5. The summed E-state index contributed by atoms with van der Waals surface area (Å²) in [4.78, 5) is 10.2. The first kappa shape index (κ1) is 11.3. The van der Waals surface area contributed by atoms with E-state index in [9.17, 15) is 4.79 Å². The first-order valence-corrected chi connectivity index (χ1v) is 5.67. The standard InChI is InChI=1S/C11H20NO2/c12-11(13)14-9-5-8-10-6-3-1-2-4-7-10/h10,12H,1-9H2. The van der Waals surface area contributed by atoms with Crippen LogP contribution in [0.1, 0.15) is 51.4 Å². The van der Waals surface area contributed by atoms with E-state index in [-0.39, 0.29) is 0 Å². The molecule has 1 N–H and O–H groups in total. The van der Waals surface area contributed by atoms with Crippen molar-refractivity contribution in [2.75, 3.05) is 6.61 Å². The van der Waals surface area contributed by atoms with E-state index in [4.69, 9.17) is 5.73 Å². The molecule has 0 atom stereocenters. The zero-order valence-corrected chi connectivity index (χ0v) is 8.76. The second-order valence-corrected chi connectivity index (χ2v) is 4.14. The van der Waals surface area contributed by atoms with Crippen LogP contribution >= 0.6 is 0 Å². The molecule has 1 rings (SSSR count). The Bertz CT molecular complexity index is 163. The lowest BCUT2D eigenvalue weighted by Crippen LogP contribution is -2.06.